The van der Waals surface area contributed by atoms with Crippen molar-refractivity contribution in [2.24, 2.45) is 0 Å². The molecule has 0 radical (unpaired) electrons. The van der Waals surface area contributed by atoms with Crippen LogP contribution in [0.15, 0.2) is 48.5 Å². The third-order valence-electron chi connectivity index (χ3n) is 7.11. The van der Waals surface area contributed by atoms with Gasteiger partial charge in [-0.15, -0.1) is 0 Å². The first-order chi connectivity index (χ1) is 15.1. The number of rotatable bonds is 7. The van der Waals surface area contributed by atoms with Crippen molar-refractivity contribution < 1.29 is 9.72 Å². The zero-order valence-electron chi connectivity index (χ0n) is 18.2. The molecule has 1 aliphatic heterocycles. The number of benzene rings is 2. The molecule has 4 rings (SSSR count). The van der Waals surface area contributed by atoms with Crippen molar-refractivity contribution in [3.8, 4) is 0 Å². The Hall–Kier alpha value is -2.53. The Morgan fingerprint density at radius 1 is 0.935 bits per heavy atom. The number of carbonyl (C=O) groups excluding carboxylic acids is 1. The van der Waals surface area contributed by atoms with Crippen molar-refractivity contribution in [1.82, 2.24) is 4.90 Å². The summed E-state index contributed by atoms with van der Waals surface area (Å²) in [6, 6.07) is 15.8. The van der Waals surface area contributed by atoms with Gasteiger partial charge >= 0.3 is 0 Å². The number of hydrogen-bond donors (Lipinski definition) is 0. The first-order valence-corrected chi connectivity index (χ1v) is 11.7. The van der Waals surface area contributed by atoms with Crippen molar-refractivity contribution in [1.29, 1.82) is 0 Å². The maximum atomic E-state index is 12.8. The van der Waals surface area contributed by atoms with E-state index in [0.29, 0.717) is 17.9 Å². The molecule has 0 bridgehead atoms. The van der Waals surface area contributed by atoms with E-state index in [1.54, 1.807) is 6.07 Å². The quantitative estimate of drug-likeness (QED) is 0.309. The number of likely N-dealkylation sites (tertiary alicyclic amines) is 1. The lowest BCUT2D eigenvalue weighted by Gasteiger charge is -2.32. The largest absolute Gasteiger partial charge is 0.303 e. The van der Waals surface area contributed by atoms with Gasteiger partial charge in [-0.25, -0.2) is 0 Å². The van der Waals surface area contributed by atoms with Gasteiger partial charge in [-0.2, -0.15) is 0 Å². The maximum absolute atomic E-state index is 12.8. The van der Waals surface area contributed by atoms with Crippen LogP contribution in [0.4, 0.5) is 5.69 Å². The number of nitrogens with zero attached hydrogens (tertiary/aromatic N) is 2. The fourth-order valence-electron chi connectivity index (χ4n) is 5.25. The number of hydrogen-bond acceptors (Lipinski definition) is 4. The number of piperidine rings is 1. The van der Waals surface area contributed by atoms with Crippen LogP contribution in [0.1, 0.15) is 84.7 Å². The number of Topliss-reactive ketones (excluding diaryl/α,β-unsaturated/α-hetero) is 1. The SMILES string of the molecule is O=C(CCN1CCC(c2ccccc2)CC1)c1ccc(C2CCCCC2)c([N+](=O)[O-])c1. The van der Waals surface area contributed by atoms with Gasteiger partial charge in [0, 0.05) is 30.2 Å². The predicted molar refractivity (Wildman–Crippen MR) is 123 cm³/mol. The summed E-state index contributed by atoms with van der Waals surface area (Å²) < 4.78 is 0. The molecule has 31 heavy (non-hydrogen) atoms. The van der Waals surface area contributed by atoms with E-state index in [4.69, 9.17) is 0 Å². The van der Waals surface area contributed by atoms with E-state index in [0.717, 1.165) is 63.7 Å². The molecule has 0 spiro atoms. The maximum Gasteiger partial charge on any atom is 0.273 e. The van der Waals surface area contributed by atoms with Gasteiger partial charge in [0.25, 0.3) is 5.69 Å². The minimum absolute atomic E-state index is 0.00322. The molecule has 2 aromatic carbocycles. The summed E-state index contributed by atoms with van der Waals surface area (Å²) >= 11 is 0. The zero-order chi connectivity index (χ0) is 21.6. The summed E-state index contributed by atoms with van der Waals surface area (Å²) in [5, 5.41) is 11.7. The Morgan fingerprint density at radius 3 is 2.32 bits per heavy atom. The molecule has 1 heterocycles. The van der Waals surface area contributed by atoms with Crippen LogP contribution in [0.2, 0.25) is 0 Å². The Kier molecular flexibility index (Phi) is 7.13. The smallest absolute Gasteiger partial charge is 0.273 e. The minimum Gasteiger partial charge on any atom is -0.303 e. The second-order valence-corrected chi connectivity index (χ2v) is 9.07. The van der Waals surface area contributed by atoms with E-state index >= 15 is 0 Å². The fraction of sp³-hybridized carbons (Fsp3) is 0.500. The van der Waals surface area contributed by atoms with Gasteiger partial charge < -0.3 is 4.90 Å². The highest BCUT2D eigenvalue weighted by Gasteiger charge is 2.26. The summed E-state index contributed by atoms with van der Waals surface area (Å²) in [5.74, 6) is 0.857. The highest BCUT2D eigenvalue weighted by Crippen LogP contribution is 2.38. The summed E-state index contributed by atoms with van der Waals surface area (Å²) in [7, 11) is 0. The van der Waals surface area contributed by atoms with E-state index in [9.17, 15) is 14.9 Å². The van der Waals surface area contributed by atoms with Crippen molar-refractivity contribution in [3.05, 3.63) is 75.3 Å². The summed E-state index contributed by atoms with van der Waals surface area (Å²) in [5.41, 5.74) is 2.82. The van der Waals surface area contributed by atoms with Crippen molar-refractivity contribution in [3.63, 3.8) is 0 Å². The molecule has 0 atom stereocenters. The van der Waals surface area contributed by atoms with E-state index < -0.39 is 0 Å². The van der Waals surface area contributed by atoms with Crippen LogP contribution < -0.4 is 0 Å². The number of carbonyl (C=O) groups is 1. The third kappa shape index (κ3) is 5.40. The minimum atomic E-state index is -0.310. The van der Waals surface area contributed by atoms with Crippen LogP contribution in [0, 0.1) is 10.1 Å². The predicted octanol–water partition coefficient (Wildman–Crippen LogP) is 6.09. The standard InChI is InChI=1S/C26H32N2O3/c29-26(15-18-27-16-13-21(14-17-27)20-7-3-1-4-8-20)23-11-12-24(25(19-23)28(30)31)22-9-5-2-6-10-22/h1,3-4,7-8,11-12,19,21-22H,2,5-6,9-10,13-18H2. The lowest BCUT2D eigenvalue weighted by atomic mass is 9.83. The van der Waals surface area contributed by atoms with Crippen LogP contribution in [-0.4, -0.2) is 35.2 Å². The molecule has 2 aliphatic rings. The van der Waals surface area contributed by atoms with Gasteiger partial charge in [0.15, 0.2) is 5.78 Å². The number of nitro groups is 1. The highest BCUT2D eigenvalue weighted by molar-refractivity contribution is 5.97. The van der Waals surface area contributed by atoms with Crippen molar-refractivity contribution >= 4 is 11.5 Å². The van der Waals surface area contributed by atoms with Gasteiger partial charge in [0.1, 0.15) is 0 Å². The molecular weight excluding hydrogens is 388 g/mol. The normalized spacial score (nSPS) is 18.7. The molecule has 2 aromatic rings. The fourth-order valence-corrected chi connectivity index (χ4v) is 5.25. The van der Waals surface area contributed by atoms with Crippen LogP contribution >= 0.6 is 0 Å². The molecule has 0 unspecified atom stereocenters. The Balaban J connectivity index is 1.33. The zero-order valence-corrected chi connectivity index (χ0v) is 18.2. The van der Waals surface area contributed by atoms with Gasteiger partial charge in [-0.1, -0.05) is 61.7 Å². The van der Waals surface area contributed by atoms with Gasteiger partial charge in [-0.05, 0) is 56.2 Å². The topological polar surface area (TPSA) is 63.5 Å². The lowest BCUT2D eigenvalue weighted by molar-refractivity contribution is -0.385. The molecular formula is C26H32N2O3. The number of ketones is 1. The van der Waals surface area contributed by atoms with Gasteiger partial charge in [0.2, 0.25) is 0 Å². The molecule has 0 N–H and O–H groups in total. The second kappa shape index (κ2) is 10.2. The van der Waals surface area contributed by atoms with E-state index in [1.807, 2.05) is 6.07 Å². The molecule has 0 aromatic heterocycles. The molecule has 0 amide bonds. The average molecular weight is 421 g/mol. The molecule has 5 heteroatoms. The van der Waals surface area contributed by atoms with Crippen molar-refractivity contribution in [2.45, 2.75) is 63.2 Å². The summed E-state index contributed by atoms with van der Waals surface area (Å²) in [4.78, 5) is 26.5. The molecule has 1 aliphatic carbocycles. The average Bonchev–Trinajstić information content (AvgIpc) is 2.83. The Morgan fingerprint density at radius 2 is 1.65 bits per heavy atom. The van der Waals surface area contributed by atoms with Crippen LogP contribution in [0.3, 0.4) is 0 Å². The summed E-state index contributed by atoms with van der Waals surface area (Å²) in [6.45, 7) is 2.71. The van der Waals surface area contributed by atoms with E-state index in [2.05, 4.69) is 35.2 Å². The van der Waals surface area contributed by atoms with Crippen LogP contribution in [-0.2, 0) is 0 Å². The molecule has 1 saturated heterocycles. The van der Waals surface area contributed by atoms with E-state index in [-0.39, 0.29) is 22.3 Å². The van der Waals surface area contributed by atoms with Gasteiger partial charge in [0.05, 0.1) is 4.92 Å². The van der Waals surface area contributed by atoms with Crippen LogP contribution in [0.5, 0.6) is 0 Å². The Labute approximate surface area is 184 Å². The molecule has 1 saturated carbocycles. The molecule has 5 nitrogen and oxygen atoms in total. The monoisotopic (exact) mass is 420 g/mol. The summed E-state index contributed by atoms with van der Waals surface area (Å²) in [6.07, 6.45) is 8.12. The molecule has 2 fully saturated rings. The number of nitro benzene ring substituents is 1. The second-order valence-electron chi connectivity index (χ2n) is 9.07. The lowest BCUT2D eigenvalue weighted by Crippen LogP contribution is -2.34. The third-order valence-corrected chi connectivity index (χ3v) is 7.11. The first kappa shape index (κ1) is 21.7. The van der Waals surface area contributed by atoms with E-state index in [1.165, 1.54) is 18.1 Å². The molecule has 164 valence electrons. The first-order valence-electron chi connectivity index (χ1n) is 11.7. The van der Waals surface area contributed by atoms with Gasteiger partial charge in [-0.3, -0.25) is 14.9 Å². The Bertz CT molecular complexity index is 898. The van der Waals surface area contributed by atoms with Crippen LogP contribution in [0.25, 0.3) is 0 Å². The highest BCUT2D eigenvalue weighted by atomic mass is 16.6. The van der Waals surface area contributed by atoms with Crippen molar-refractivity contribution in [2.75, 3.05) is 19.6 Å².